The first-order valence-corrected chi connectivity index (χ1v) is 9.41. The van der Waals surface area contributed by atoms with E-state index in [0.717, 1.165) is 15.2 Å². The molecule has 7 heteroatoms. The van der Waals surface area contributed by atoms with Gasteiger partial charge in [-0.05, 0) is 44.9 Å². The van der Waals surface area contributed by atoms with Crippen molar-refractivity contribution < 1.29 is 19.1 Å². The van der Waals surface area contributed by atoms with Gasteiger partial charge in [-0.15, -0.1) is 11.3 Å². The summed E-state index contributed by atoms with van der Waals surface area (Å²) >= 11 is 1.56. The third kappa shape index (κ3) is 3.49. The highest BCUT2D eigenvalue weighted by molar-refractivity contribution is 7.18. The monoisotopic (exact) mass is 374 g/mol. The summed E-state index contributed by atoms with van der Waals surface area (Å²) in [6.45, 7) is 4.29. The van der Waals surface area contributed by atoms with E-state index in [-0.39, 0.29) is 24.1 Å². The predicted molar refractivity (Wildman–Crippen MR) is 99.2 cm³/mol. The number of methoxy groups -OCH3 is 1. The van der Waals surface area contributed by atoms with Crippen molar-refractivity contribution in [1.29, 1.82) is 0 Å². The molecule has 2 aromatic rings. The molecule has 0 unspecified atom stereocenters. The Bertz CT molecular complexity index is 866. The first-order valence-electron chi connectivity index (χ1n) is 8.59. The lowest BCUT2D eigenvalue weighted by Gasteiger charge is -2.39. The molecule has 0 saturated carbocycles. The van der Waals surface area contributed by atoms with Gasteiger partial charge in [-0.3, -0.25) is 14.4 Å². The SMILES string of the molecule is COC(=O)C1(CC(C)=O)CCN(C(=O)c2ccc3nc(C)sc3c2)CC1. The normalized spacial score (nSPS) is 16.5. The first kappa shape index (κ1) is 18.5. The number of benzene rings is 1. The number of nitrogens with zero attached hydrogens (tertiary/aromatic N) is 2. The Balaban J connectivity index is 1.76. The van der Waals surface area contributed by atoms with Crippen LogP contribution in [-0.2, 0) is 14.3 Å². The third-order valence-electron chi connectivity index (χ3n) is 4.96. The smallest absolute Gasteiger partial charge is 0.312 e. The summed E-state index contributed by atoms with van der Waals surface area (Å²) in [5, 5.41) is 0.967. The number of esters is 1. The highest BCUT2D eigenvalue weighted by atomic mass is 32.1. The van der Waals surface area contributed by atoms with Gasteiger partial charge in [0.2, 0.25) is 0 Å². The van der Waals surface area contributed by atoms with Crippen LogP contribution >= 0.6 is 11.3 Å². The second-order valence-corrected chi connectivity index (χ2v) is 8.09. The molecule has 1 saturated heterocycles. The average Bonchev–Trinajstić information content (AvgIpc) is 2.99. The van der Waals surface area contributed by atoms with Crippen molar-refractivity contribution in [2.75, 3.05) is 20.2 Å². The fourth-order valence-electron chi connectivity index (χ4n) is 3.64. The zero-order valence-electron chi connectivity index (χ0n) is 15.2. The number of carbonyl (C=O) groups excluding carboxylic acids is 3. The van der Waals surface area contributed by atoms with Crippen molar-refractivity contribution in [3.05, 3.63) is 28.8 Å². The molecule has 26 heavy (non-hydrogen) atoms. The first-order chi connectivity index (χ1) is 12.3. The molecule has 2 heterocycles. The van der Waals surface area contributed by atoms with Gasteiger partial charge in [0.15, 0.2) is 0 Å². The Morgan fingerprint density at radius 3 is 2.58 bits per heavy atom. The molecule has 6 nitrogen and oxygen atoms in total. The van der Waals surface area contributed by atoms with Crippen LogP contribution in [0.3, 0.4) is 0 Å². The number of fused-ring (bicyclic) bond motifs is 1. The minimum Gasteiger partial charge on any atom is -0.469 e. The summed E-state index contributed by atoms with van der Waals surface area (Å²) in [5.41, 5.74) is 0.711. The van der Waals surface area contributed by atoms with E-state index in [1.54, 1.807) is 22.3 Å². The molecule has 138 valence electrons. The number of carbonyl (C=O) groups is 3. The fourth-order valence-corrected chi connectivity index (χ4v) is 4.51. The molecule has 0 bridgehead atoms. The van der Waals surface area contributed by atoms with Crippen LogP contribution in [0, 0.1) is 12.3 Å². The van der Waals surface area contributed by atoms with Crippen molar-refractivity contribution >= 4 is 39.2 Å². The summed E-state index contributed by atoms with van der Waals surface area (Å²) in [6, 6.07) is 5.53. The summed E-state index contributed by atoms with van der Waals surface area (Å²) in [6.07, 6.45) is 1.04. The summed E-state index contributed by atoms with van der Waals surface area (Å²) in [4.78, 5) is 42.9. The second kappa shape index (κ2) is 7.15. The van der Waals surface area contributed by atoms with E-state index in [1.807, 2.05) is 19.1 Å². The lowest BCUT2D eigenvalue weighted by atomic mass is 9.74. The standard InChI is InChI=1S/C19H22N2O4S/c1-12(22)11-19(18(24)25-3)6-8-21(9-7-19)17(23)14-4-5-15-16(10-14)26-13(2)20-15/h4-5,10H,6-9,11H2,1-3H3. The summed E-state index contributed by atoms with van der Waals surface area (Å²) in [5.74, 6) is -0.457. The Hall–Kier alpha value is -2.28. The number of ether oxygens (including phenoxy) is 1. The number of piperidine rings is 1. The number of amides is 1. The number of aryl methyl sites for hydroxylation is 1. The van der Waals surface area contributed by atoms with Gasteiger partial charge in [0, 0.05) is 25.1 Å². The van der Waals surface area contributed by atoms with Gasteiger partial charge in [0.1, 0.15) is 5.78 Å². The van der Waals surface area contributed by atoms with Crippen LogP contribution in [0.1, 0.15) is 41.6 Å². The quantitative estimate of drug-likeness (QED) is 0.769. The van der Waals surface area contributed by atoms with Crippen molar-refractivity contribution in [3.63, 3.8) is 0 Å². The van der Waals surface area contributed by atoms with Crippen LogP contribution in [-0.4, -0.2) is 47.7 Å². The number of ketones is 1. The van der Waals surface area contributed by atoms with E-state index in [1.165, 1.54) is 14.0 Å². The molecule has 0 N–H and O–H groups in total. The fraction of sp³-hybridized carbons (Fsp3) is 0.474. The molecule has 1 aromatic carbocycles. The molecular weight excluding hydrogens is 352 g/mol. The van der Waals surface area contributed by atoms with Crippen molar-refractivity contribution in [3.8, 4) is 0 Å². The molecule has 1 fully saturated rings. The molecule has 1 aliphatic rings. The molecule has 3 rings (SSSR count). The predicted octanol–water partition coefficient (Wildman–Crippen LogP) is 2.98. The second-order valence-electron chi connectivity index (χ2n) is 6.86. The number of likely N-dealkylation sites (tertiary alicyclic amines) is 1. The van der Waals surface area contributed by atoms with Crippen molar-refractivity contribution in [1.82, 2.24) is 9.88 Å². The van der Waals surface area contributed by atoms with Crippen molar-refractivity contribution in [2.45, 2.75) is 33.1 Å². The molecule has 0 spiro atoms. The van der Waals surface area contributed by atoms with Crippen LogP contribution in [0.25, 0.3) is 10.2 Å². The van der Waals surface area contributed by atoms with Crippen molar-refractivity contribution in [2.24, 2.45) is 5.41 Å². The van der Waals surface area contributed by atoms with E-state index >= 15 is 0 Å². The molecule has 1 aliphatic heterocycles. The van der Waals surface area contributed by atoms with E-state index in [9.17, 15) is 14.4 Å². The Morgan fingerprint density at radius 1 is 1.27 bits per heavy atom. The highest BCUT2D eigenvalue weighted by Gasteiger charge is 2.44. The Kier molecular flexibility index (Phi) is 5.09. The maximum atomic E-state index is 12.8. The molecule has 1 aromatic heterocycles. The highest BCUT2D eigenvalue weighted by Crippen LogP contribution is 2.37. The van der Waals surface area contributed by atoms with Crippen LogP contribution in [0.4, 0.5) is 0 Å². The number of rotatable bonds is 4. The minimum absolute atomic E-state index is 0.0406. The zero-order valence-corrected chi connectivity index (χ0v) is 16.0. The van der Waals surface area contributed by atoms with Gasteiger partial charge in [-0.2, -0.15) is 0 Å². The maximum absolute atomic E-state index is 12.8. The van der Waals surface area contributed by atoms with Gasteiger partial charge < -0.3 is 9.64 Å². The maximum Gasteiger partial charge on any atom is 0.312 e. The summed E-state index contributed by atoms with van der Waals surface area (Å²) < 4.78 is 5.92. The van der Waals surface area contributed by atoms with Gasteiger partial charge >= 0.3 is 5.97 Å². The molecule has 1 amide bonds. The number of aromatic nitrogens is 1. The van der Waals surface area contributed by atoms with Gasteiger partial charge in [-0.1, -0.05) is 0 Å². The van der Waals surface area contributed by atoms with Crippen LogP contribution in [0.15, 0.2) is 18.2 Å². The van der Waals surface area contributed by atoms with Crippen LogP contribution in [0.5, 0.6) is 0 Å². The number of thiazole rings is 1. The van der Waals surface area contributed by atoms with Gasteiger partial charge in [0.05, 0.1) is 27.7 Å². The topological polar surface area (TPSA) is 76.6 Å². The van der Waals surface area contributed by atoms with E-state index < -0.39 is 5.41 Å². The lowest BCUT2D eigenvalue weighted by molar-refractivity contribution is -0.157. The van der Waals surface area contributed by atoms with Crippen LogP contribution in [0.2, 0.25) is 0 Å². The van der Waals surface area contributed by atoms with Gasteiger partial charge in [0.25, 0.3) is 5.91 Å². The number of hydrogen-bond donors (Lipinski definition) is 0. The molecule has 0 aliphatic carbocycles. The van der Waals surface area contributed by atoms with E-state index in [2.05, 4.69) is 4.98 Å². The number of Topliss-reactive ketones (excluding diaryl/α,β-unsaturated/α-hetero) is 1. The average molecular weight is 374 g/mol. The van der Waals surface area contributed by atoms with E-state index in [4.69, 9.17) is 4.74 Å². The largest absolute Gasteiger partial charge is 0.469 e. The Morgan fingerprint density at radius 2 is 1.96 bits per heavy atom. The van der Waals surface area contributed by atoms with E-state index in [0.29, 0.717) is 31.5 Å². The third-order valence-corrected chi connectivity index (χ3v) is 5.89. The zero-order chi connectivity index (χ0) is 18.9. The molecule has 0 radical (unpaired) electrons. The molecular formula is C19H22N2O4S. The molecule has 0 atom stereocenters. The minimum atomic E-state index is -0.809. The van der Waals surface area contributed by atoms with Crippen LogP contribution < -0.4 is 0 Å². The lowest BCUT2D eigenvalue weighted by Crippen LogP contribution is -2.47. The summed E-state index contributed by atoms with van der Waals surface area (Å²) in [7, 11) is 1.34. The van der Waals surface area contributed by atoms with Gasteiger partial charge in [-0.25, -0.2) is 4.98 Å². The number of hydrogen-bond acceptors (Lipinski definition) is 6. The Labute approximate surface area is 156 Å².